The third-order valence-corrected chi connectivity index (χ3v) is 5.60. The number of ether oxygens (including phenoxy) is 1. The summed E-state index contributed by atoms with van der Waals surface area (Å²) in [5, 5.41) is 3.19. The lowest BCUT2D eigenvalue weighted by Gasteiger charge is -2.12. The smallest absolute Gasteiger partial charge is 0.259 e. The number of hydrogen-bond acceptors (Lipinski definition) is 5. The molecule has 3 aromatic rings. The fourth-order valence-corrected chi connectivity index (χ4v) is 4.07. The number of primary amides is 1. The minimum Gasteiger partial charge on any atom is -0.484 e. The molecule has 0 spiro atoms. The zero-order valence-corrected chi connectivity index (χ0v) is 18.3. The third-order valence-electron chi connectivity index (χ3n) is 4.58. The number of nitrogens with one attached hydrogen (secondary N) is 1. The number of rotatable bonds is 7. The second-order valence-electron chi connectivity index (χ2n) is 7.03. The molecule has 8 heteroatoms. The van der Waals surface area contributed by atoms with Crippen molar-refractivity contribution in [2.45, 2.75) is 6.92 Å². The Balaban J connectivity index is 1.85. The first-order chi connectivity index (χ1) is 14.8. The molecular formula is C23H23N3O4S. The standard InChI is InChI=1S/C23H23N3O4S/c1-14-19(15-8-5-4-6-9-15)20(21(24)28)23(31-14)25-22(29)16-10-7-11-17(12-16)30-13-18(27)26(2)3/h4-12H,13H2,1-3H3,(H2,24,28)(H,25,29). The fourth-order valence-electron chi connectivity index (χ4n) is 3.00. The summed E-state index contributed by atoms with van der Waals surface area (Å²) in [7, 11) is 3.28. The molecule has 2 aromatic carbocycles. The quantitative estimate of drug-likeness (QED) is 0.590. The van der Waals surface area contributed by atoms with E-state index < -0.39 is 11.8 Å². The number of thiophene rings is 1. The van der Waals surface area contributed by atoms with E-state index in [1.165, 1.54) is 16.2 Å². The average Bonchev–Trinajstić information content (AvgIpc) is 3.08. The van der Waals surface area contributed by atoms with Gasteiger partial charge in [-0.15, -0.1) is 11.3 Å². The number of benzene rings is 2. The van der Waals surface area contributed by atoms with Crippen LogP contribution in [0.4, 0.5) is 5.00 Å². The lowest BCUT2D eigenvalue weighted by atomic mass is 10.0. The number of nitrogens with two attached hydrogens (primary N) is 1. The molecule has 3 N–H and O–H groups in total. The van der Waals surface area contributed by atoms with E-state index in [0.29, 0.717) is 21.9 Å². The summed E-state index contributed by atoms with van der Waals surface area (Å²) in [6, 6.07) is 15.9. The number of carbonyl (C=O) groups is 3. The molecule has 7 nitrogen and oxygen atoms in total. The number of hydrogen-bond donors (Lipinski definition) is 2. The van der Waals surface area contributed by atoms with Gasteiger partial charge in [-0.05, 0) is 30.7 Å². The van der Waals surface area contributed by atoms with E-state index in [2.05, 4.69) is 5.32 Å². The molecule has 31 heavy (non-hydrogen) atoms. The van der Waals surface area contributed by atoms with Crippen molar-refractivity contribution in [1.29, 1.82) is 0 Å². The van der Waals surface area contributed by atoms with E-state index in [4.69, 9.17) is 10.5 Å². The summed E-state index contributed by atoms with van der Waals surface area (Å²) in [5.41, 5.74) is 7.84. The lowest BCUT2D eigenvalue weighted by molar-refractivity contribution is -0.130. The normalized spacial score (nSPS) is 10.4. The molecule has 0 atom stereocenters. The molecule has 3 rings (SSSR count). The Morgan fingerprint density at radius 1 is 1.06 bits per heavy atom. The van der Waals surface area contributed by atoms with Gasteiger partial charge in [0.2, 0.25) is 0 Å². The monoisotopic (exact) mass is 437 g/mol. The third kappa shape index (κ3) is 5.10. The lowest BCUT2D eigenvalue weighted by Crippen LogP contribution is -2.27. The molecule has 0 aliphatic carbocycles. The minimum absolute atomic E-state index is 0.131. The Kier molecular flexibility index (Phi) is 6.71. The number of likely N-dealkylation sites (N-methyl/N-ethyl adjacent to an activating group) is 1. The molecule has 0 aliphatic rings. The number of amides is 3. The predicted octanol–water partition coefficient (Wildman–Crippen LogP) is 3.54. The van der Waals surface area contributed by atoms with Crippen LogP contribution in [0, 0.1) is 6.92 Å². The van der Waals surface area contributed by atoms with Gasteiger partial charge in [-0.3, -0.25) is 14.4 Å². The highest BCUT2D eigenvalue weighted by atomic mass is 32.1. The summed E-state index contributed by atoms with van der Waals surface area (Å²) in [6.45, 7) is 1.75. The van der Waals surface area contributed by atoms with Gasteiger partial charge < -0.3 is 20.7 Å². The highest BCUT2D eigenvalue weighted by Gasteiger charge is 2.23. The van der Waals surface area contributed by atoms with Gasteiger partial charge in [-0.2, -0.15) is 0 Å². The van der Waals surface area contributed by atoms with Crippen LogP contribution in [0.1, 0.15) is 25.6 Å². The predicted molar refractivity (Wildman–Crippen MR) is 122 cm³/mol. The maximum absolute atomic E-state index is 12.9. The van der Waals surface area contributed by atoms with Crippen LogP contribution in [0.5, 0.6) is 5.75 Å². The summed E-state index contributed by atoms with van der Waals surface area (Å²) in [4.78, 5) is 39.1. The average molecular weight is 438 g/mol. The van der Waals surface area contributed by atoms with Gasteiger partial charge in [0.05, 0.1) is 5.56 Å². The molecule has 0 aliphatic heterocycles. The van der Waals surface area contributed by atoms with Crippen molar-refractivity contribution in [2.24, 2.45) is 5.73 Å². The largest absolute Gasteiger partial charge is 0.484 e. The molecular weight excluding hydrogens is 414 g/mol. The highest BCUT2D eigenvalue weighted by molar-refractivity contribution is 7.17. The topological polar surface area (TPSA) is 102 Å². The van der Waals surface area contributed by atoms with Crippen molar-refractivity contribution < 1.29 is 19.1 Å². The zero-order valence-electron chi connectivity index (χ0n) is 17.5. The van der Waals surface area contributed by atoms with Gasteiger partial charge in [0, 0.05) is 30.1 Å². The van der Waals surface area contributed by atoms with Crippen molar-refractivity contribution in [3.8, 4) is 16.9 Å². The van der Waals surface area contributed by atoms with Crippen molar-refractivity contribution in [2.75, 3.05) is 26.0 Å². The SMILES string of the molecule is Cc1sc(NC(=O)c2cccc(OCC(=O)N(C)C)c2)c(C(N)=O)c1-c1ccccc1. The van der Waals surface area contributed by atoms with Gasteiger partial charge in [-0.25, -0.2) is 0 Å². The van der Waals surface area contributed by atoms with Crippen LogP contribution in [0.25, 0.3) is 11.1 Å². The molecule has 1 aromatic heterocycles. The van der Waals surface area contributed by atoms with Crippen LogP contribution in [-0.2, 0) is 4.79 Å². The molecule has 0 radical (unpaired) electrons. The van der Waals surface area contributed by atoms with Crippen LogP contribution in [-0.4, -0.2) is 43.3 Å². The Morgan fingerprint density at radius 3 is 2.42 bits per heavy atom. The second kappa shape index (κ2) is 9.44. The van der Waals surface area contributed by atoms with Gasteiger partial charge in [-0.1, -0.05) is 36.4 Å². The van der Waals surface area contributed by atoms with Crippen LogP contribution >= 0.6 is 11.3 Å². The first-order valence-corrected chi connectivity index (χ1v) is 10.3. The molecule has 0 unspecified atom stereocenters. The first kappa shape index (κ1) is 22.0. The van der Waals surface area contributed by atoms with E-state index >= 15 is 0 Å². The van der Waals surface area contributed by atoms with E-state index in [0.717, 1.165) is 10.4 Å². The number of carbonyl (C=O) groups excluding carboxylic acids is 3. The number of aryl methyl sites for hydroxylation is 1. The van der Waals surface area contributed by atoms with Gasteiger partial charge >= 0.3 is 0 Å². The van der Waals surface area contributed by atoms with Gasteiger partial charge in [0.15, 0.2) is 6.61 Å². The van der Waals surface area contributed by atoms with E-state index in [-0.39, 0.29) is 18.1 Å². The van der Waals surface area contributed by atoms with E-state index in [1.807, 2.05) is 37.3 Å². The Labute approximate surface area is 184 Å². The molecule has 160 valence electrons. The first-order valence-electron chi connectivity index (χ1n) is 9.51. The maximum Gasteiger partial charge on any atom is 0.259 e. The van der Waals surface area contributed by atoms with Crippen LogP contribution in [0.2, 0.25) is 0 Å². The van der Waals surface area contributed by atoms with Gasteiger partial charge in [0.25, 0.3) is 17.7 Å². The Bertz CT molecular complexity index is 1120. The summed E-state index contributed by atoms with van der Waals surface area (Å²) in [6.07, 6.45) is 0. The van der Waals surface area contributed by atoms with Crippen molar-refractivity contribution in [1.82, 2.24) is 4.90 Å². The number of anilines is 1. The number of nitrogens with zero attached hydrogens (tertiary/aromatic N) is 1. The highest BCUT2D eigenvalue weighted by Crippen LogP contribution is 2.39. The summed E-state index contributed by atoms with van der Waals surface area (Å²) in [5.74, 6) is -0.820. The van der Waals surface area contributed by atoms with Crippen molar-refractivity contribution in [3.05, 3.63) is 70.6 Å². The maximum atomic E-state index is 12.9. The molecule has 0 fully saturated rings. The summed E-state index contributed by atoms with van der Waals surface area (Å²) < 4.78 is 5.47. The summed E-state index contributed by atoms with van der Waals surface area (Å²) >= 11 is 1.29. The van der Waals surface area contributed by atoms with Gasteiger partial charge in [0.1, 0.15) is 10.8 Å². The van der Waals surface area contributed by atoms with Crippen LogP contribution in [0.3, 0.4) is 0 Å². The Morgan fingerprint density at radius 2 is 1.77 bits per heavy atom. The molecule has 0 saturated heterocycles. The molecule has 0 saturated carbocycles. The van der Waals surface area contributed by atoms with E-state index in [9.17, 15) is 14.4 Å². The van der Waals surface area contributed by atoms with E-state index in [1.54, 1.807) is 38.4 Å². The zero-order chi connectivity index (χ0) is 22.5. The molecule has 0 bridgehead atoms. The fraction of sp³-hybridized carbons (Fsp3) is 0.174. The second-order valence-corrected chi connectivity index (χ2v) is 8.25. The minimum atomic E-state index is -0.613. The van der Waals surface area contributed by atoms with Crippen LogP contribution < -0.4 is 15.8 Å². The molecule has 3 amide bonds. The van der Waals surface area contributed by atoms with Crippen molar-refractivity contribution >= 4 is 34.1 Å². The molecule has 1 heterocycles. The van der Waals surface area contributed by atoms with Crippen molar-refractivity contribution in [3.63, 3.8) is 0 Å². The Hall–Kier alpha value is -3.65. The van der Waals surface area contributed by atoms with Crippen LogP contribution in [0.15, 0.2) is 54.6 Å².